The molecule has 0 aliphatic carbocycles. The second kappa shape index (κ2) is 5.77. The highest BCUT2D eigenvalue weighted by atomic mass is 16.5. The fourth-order valence-electron chi connectivity index (χ4n) is 2.45. The van der Waals surface area contributed by atoms with Gasteiger partial charge in [-0.25, -0.2) is 0 Å². The van der Waals surface area contributed by atoms with Crippen molar-refractivity contribution in [3.8, 4) is 0 Å². The number of likely N-dealkylation sites (tertiary alicyclic amines) is 1. The van der Waals surface area contributed by atoms with Crippen LogP contribution in [0, 0.1) is 0 Å². The number of imide groups is 1. The van der Waals surface area contributed by atoms with E-state index in [9.17, 15) is 9.59 Å². The van der Waals surface area contributed by atoms with Gasteiger partial charge >= 0.3 is 0 Å². The quantitative estimate of drug-likeness (QED) is 0.657. The molecule has 0 bridgehead atoms. The Kier molecular flexibility index (Phi) is 4.31. The van der Waals surface area contributed by atoms with Gasteiger partial charge in [0.15, 0.2) is 0 Å². The van der Waals surface area contributed by atoms with Crippen LogP contribution in [0.1, 0.15) is 13.3 Å². The Labute approximate surface area is 107 Å². The molecule has 6 heteroatoms. The lowest BCUT2D eigenvalue weighted by atomic mass is 10.2. The van der Waals surface area contributed by atoms with Crippen molar-refractivity contribution in [2.75, 3.05) is 39.9 Å². The van der Waals surface area contributed by atoms with Crippen molar-refractivity contribution < 1.29 is 14.3 Å². The van der Waals surface area contributed by atoms with Crippen molar-refractivity contribution in [1.29, 1.82) is 0 Å². The minimum Gasteiger partial charge on any atom is -0.379 e. The highest BCUT2D eigenvalue weighted by Gasteiger charge is 2.36. The number of morpholine rings is 1. The zero-order valence-electron chi connectivity index (χ0n) is 11.0. The van der Waals surface area contributed by atoms with Crippen molar-refractivity contribution in [2.45, 2.75) is 25.4 Å². The van der Waals surface area contributed by atoms with Gasteiger partial charge in [0.25, 0.3) is 0 Å². The average molecular weight is 255 g/mol. The molecular weight excluding hydrogens is 234 g/mol. The topological polar surface area (TPSA) is 61.9 Å². The number of likely N-dealkylation sites (N-methyl/N-ethyl adjacent to an activating group) is 1. The molecule has 0 spiro atoms. The van der Waals surface area contributed by atoms with Crippen LogP contribution in [0.4, 0.5) is 0 Å². The molecule has 0 saturated carbocycles. The third kappa shape index (κ3) is 3.07. The van der Waals surface area contributed by atoms with E-state index in [0.717, 1.165) is 32.8 Å². The maximum absolute atomic E-state index is 11.8. The molecule has 2 unspecified atom stereocenters. The molecule has 0 radical (unpaired) electrons. The fraction of sp³-hybridized carbons (Fsp3) is 0.833. The maximum atomic E-state index is 11.8. The Morgan fingerprint density at radius 1 is 1.39 bits per heavy atom. The Bertz CT molecular complexity index is 329. The van der Waals surface area contributed by atoms with Crippen LogP contribution in [0.5, 0.6) is 0 Å². The monoisotopic (exact) mass is 255 g/mol. The van der Waals surface area contributed by atoms with E-state index in [1.165, 1.54) is 4.90 Å². The highest BCUT2D eigenvalue weighted by molar-refractivity contribution is 6.05. The number of nitrogens with zero attached hydrogens (tertiary/aromatic N) is 2. The summed E-state index contributed by atoms with van der Waals surface area (Å²) >= 11 is 0. The van der Waals surface area contributed by atoms with Crippen LogP contribution in [0.2, 0.25) is 0 Å². The molecule has 0 aromatic rings. The number of carbonyl (C=O) groups is 2. The molecule has 1 N–H and O–H groups in total. The summed E-state index contributed by atoms with van der Waals surface area (Å²) in [5, 5.41) is 3.24. The minimum absolute atomic E-state index is 0.101. The lowest BCUT2D eigenvalue weighted by Crippen LogP contribution is -2.49. The van der Waals surface area contributed by atoms with Crippen molar-refractivity contribution in [2.24, 2.45) is 0 Å². The lowest BCUT2D eigenvalue weighted by molar-refractivity contribution is -0.137. The molecule has 2 aliphatic heterocycles. The predicted octanol–water partition coefficient (Wildman–Crippen LogP) is -0.946. The molecule has 18 heavy (non-hydrogen) atoms. The van der Waals surface area contributed by atoms with Crippen LogP contribution in [-0.4, -0.2) is 73.6 Å². The summed E-state index contributed by atoms with van der Waals surface area (Å²) in [6, 6.07) is -0.158. The van der Waals surface area contributed by atoms with E-state index in [0.29, 0.717) is 0 Å². The van der Waals surface area contributed by atoms with E-state index >= 15 is 0 Å². The molecule has 2 rings (SSSR count). The molecular formula is C12H21N3O3. The van der Waals surface area contributed by atoms with Crippen LogP contribution >= 0.6 is 0 Å². The first-order valence-electron chi connectivity index (χ1n) is 6.44. The van der Waals surface area contributed by atoms with E-state index < -0.39 is 0 Å². The van der Waals surface area contributed by atoms with Gasteiger partial charge in [-0.2, -0.15) is 0 Å². The van der Waals surface area contributed by atoms with Crippen molar-refractivity contribution in [3.05, 3.63) is 0 Å². The van der Waals surface area contributed by atoms with Gasteiger partial charge in [-0.05, 0) is 6.92 Å². The van der Waals surface area contributed by atoms with Crippen LogP contribution < -0.4 is 5.32 Å². The third-order valence-corrected chi connectivity index (χ3v) is 3.50. The average Bonchev–Trinajstić information content (AvgIpc) is 2.58. The molecule has 0 aromatic heterocycles. The van der Waals surface area contributed by atoms with Crippen molar-refractivity contribution >= 4 is 11.8 Å². The predicted molar refractivity (Wildman–Crippen MR) is 66.0 cm³/mol. The van der Waals surface area contributed by atoms with Gasteiger partial charge in [0.1, 0.15) is 0 Å². The molecule has 2 atom stereocenters. The summed E-state index contributed by atoms with van der Waals surface area (Å²) in [5.74, 6) is -0.218. The largest absolute Gasteiger partial charge is 0.379 e. The van der Waals surface area contributed by atoms with Gasteiger partial charge in [-0.1, -0.05) is 0 Å². The standard InChI is InChI=1S/C12H21N3O3/c1-9(8-15-3-5-18-6-4-15)13-10-7-11(16)14(2)12(10)17/h9-10,13H,3-8H2,1-2H3. The molecule has 2 aliphatic rings. The number of hydrogen-bond acceptors (Lipinski definition) is 5. The van der Waals surface area contributed by atoms with E-state index in [-0.39, 0.29) is 30.3 Å². The van der Waals surface area contributed by atoms with E-state index in [1.54, 1.807) is 7.05 Å². The summed E-state index contributed by atoms with van der Waals surface area (Å²) in [4.78, 5) is 26.7. The number of nitrogens with one attached hydrogen (secondary N) is 1. The molecule has 2 amide bonds. The van der Waals surface area contributed by atoms with Crippen molar-refractivity contribution in [1.82, 2.24) is 15.1 Å². The Hall–Kier alpha value is -0.980. The second-order valence-electron chi connectivity index (χ2n) is 5.03. The Morgan fingerprint density at radius 3 is 2.61 bits per heavy atom. The summed E-state index contributed by atoms with van der Waals surface area (Å²) < 4.78 is 5.29. The SMILES string of the molecule is CC(CN1CCOCC1)NC1CC(=O)N(C)C1=O. The van der Waals surface area contributed by atoms with Gasteiger partial charge in [0, 0.05) is 32.7 Å². The summed E-state index contributed by atoms with van der Waals surface area (Å²) in [6.07, 6.45) is 0.281. The van der Waals surface area contributed by atoms with Gasteiger partial charge in [0.05, 0.1) is 25.7 Å². The van der Waals surface area contributed by atoms with E-state index in [2.05, 4.69) is 10.2 Å². The Morgan fingerprint density at radius 2 is 2.06 bits per heavy atom. The minimum atomic E-state index is -0.349. The summed E-state index contributed by atoms with van der Waals surface area (Å²) in [6.45, 7) is 6.34. The lowest BCUT2D eigenvalue weighted by Gasteiger charge is -2.30. The second-order valence-corrected chi connectivity index (χ2v) is 5.03. The molecule has 2 saturated heterocycles. The van der Waals surface area contributed by atoms with Gasteiger partial charge in [-0.3, -0.25) is 19.4 Å². The fourth-order valence-corrected chi connectivity index (χ4v) is 2.45. The van der Waals surface area contributed by atoms with Gasteiger partial charge < -0.3 is 10.1 Å². The molecule has 6 nitrogen and oxygen atoms in total. The molecule has 2 heterocycles. The van der Waals surface area contributed by atoms with Crippen molar-refractivity contribution in [3.63, 3.8) is 0 Å². The van der Waals surface area contributed by atoms with Gasteiger partial charge in [0.2, 0.25) is 11.8 Å². The first-order valence-corrected chi connectivity index (χ1v) is 6.44. The van der Waals surface area contributed by atoms with E-state index in [1.807, 2.05) is 6.92 Å². The normalized spacial score (nSPS) is 27.9. The number of hydrogen-bond donors (Lipinski definition) is 1. The molecule has 2 fully saturated rings. The number of carbonyl (C=O) groups excluding carboxylic acids is 2. The van der Waals surface area contributed by atoms with Crippen LogP contribution in [-0.2, 0) is 14.3 Å². The maximum Gasteiger partial charge on any atom is 0.246 e. The number of ether oxygens (including phenoxy) is 1. The van der Waals surface area contributed by atoms with E-state index in [4.69, 9.17) is 4.74 Å². The van der Waals surface area contributed by atoms with Crippen LogP contribution in [0.15, 0.2) is 0 Å². The summed E-state index contributed by atoms with van der Waals surface area (Å²) in [7, 11) is 1.54. The third-order valence-electron chi connectivity index (χ3n) is 3.50. The number of amides is 2. The zero-order chi connectivity index (χ0) is 13.1. The highest BCUT2D eigenvalue weighted by Crippen LogP contribution is 2.11. The number of rotatable bonds is 4. The zero-order valence-corrected chi connectivity index (χ0v) is 11.0. The van der Waals surface area contributed by atoms with Gasteiger partial charge in [-0.15, -0.1) is 0 Å². The first kappa shape index (κ1) is 13.5. The molecule has 0 aromatic carbocycles. The Balaban J connectivity index is 1.78. The molecule has 102 valence electrons. The first-order chi connectivity index (χ1) is 8.58. The van der Waals surface area contributed by atoms with Crippen LogP contribution in [0.25, 0.3) is 0 Å². The van der Waals surface area contributed by atoms with Crippen LogP contribution in [0.3, 0.4) is 0 Å². The smallest absolute Gasteiger partial charge is 0.246 e. The summed E-state index contributed by atoms with van der Waals surface area (Å²) in [5.41, 5.74) is 0.